The van der Waals surface area contributed by atoms with Crippen LogP contribution in [0.25, 0.3) is 10.9 Å². The number of nitrogens with one attached hydrogen (secondary N) is 1. The topological polar surface area (TPSA) is 82.9 Å². The highest BCUT2D eigenvalue weighted by molar-refractivity contribution is 6.37. The Morgan fingerprint density at radius 3 is 2.41 bits per heavy atom. The summed E-state index contributed by atoms with van der Waals surface area (Å²) >= 11 is 12.7. The van der Waals surface area contributed by atoms with Gasteiger partial charge in [0, 0.05) is 50.2 Å². The number of hydrogen-bond donors (Lipinski definition) is 1. The first-order valence-corrected chi connectivity index (χ1v) is 12.9. The monoisotopic (exact) mass is 543 g/mol. The summed E-state index contributed by atoms with van der Waals surface area (Å²) in [6, 6.07) is 9.24. The second kappa shape index (κ2) is 12.1. The van der Waals surface area contributed by atoms with Crippen molar-refractivity contribution in [3.63, 3.8) is 0 Å². The molecule has 0 radical (unpaired) electrons. The van der Waals surface area contributed by atoms with Gasteiger partial charge in [-0.15, -0.1) is 0 Å². The van der Waals surface area contributed by atoms with Crippen LogP contribution in [0, 0.1) is 18.3 Å². The second-order valence-corrected chi connectivity index (χ2v) is 9.83. The highest BCUT2D eigenvalue weighted by Gasteiger charge is 2.19. The Morgan fingerprint density at radius 2 is 1.73 bits per heavy atom. The van der Waals surface area contributed by atoms with Gasteiger partial charge in [0.1, 0.15) is 11.8 Å². The zero-order chi connectivity index (χ0) is 26.5. The number of benzene rings is 2. The normalized spacial score (nSPS) is 14.4. The number of aromatic nitrogens is 1. The molecule has 0 amide bonds. The van der Waals surface area contributed by atoms with E-state index in [-0.39, 0.29) is 0 Å². The number of ether oxygens (including phenoxy) is 3. The standard InChI is InChI=1S/C27H31Cl2N5O3/c1-17-19(16-30)27(32-23-15-24(35-3)21(29)13-20(23)28)18-12-25(36-4)26(14-22(18)31-17)37-11-5-6-34-9-7-33(2)8-10-34/h12-15H,5-11H2,1-4H3,(H,31,32). The molecule has 1 saturated heterocycles. The number of nitriles is 1. The van der Waals surface area contributed by atoms with Crippen molar-refractivity contribution in [2.45, 2.75) is 13.3 Å². The average Bonchev–Trinajstić information content (AvgIpc) is 2.88. The largest absolute Gasteiger partial charge is 0.495 e. The lowest BCUT2D eigenvalue weighted by Crippen LogP contribution is -2.44. The number of rotatable bonds is 9. The molecule has 1 N–H and O–H groups in total. The van der Waals surface area contributed by atoms with Crippen LogP contribution in [0.15, 0.2) is 24.3 Å². The Bertz CT molecular complexity index is 1320. The minimum Gasteiger partial charge on any atom is -0.495 e. The Labute approximate surface area is 227 Å². The first-order valence-electron chi connectivity index (χ1n) is 12.1. The summed E-state index contributed by atoms with van der Waals surface area (Å²) in [4.78, 5) is 9.48. The van der Waals surface area contributed by atoms with Crippen molar-refractivity contribution in [2.75, 3.05) is 65.9 Å². The molecule has 1 aromatic heterocycles. The van der Waals surface area contributed by atoms with Gasteiger partial charge in [0.2, 0.25) is 0 Å². The maximum absolute atomic E-state index is 9.93. The van der Waals surface area contributed by atoms with Crippen molar-refractivity contribution < 1.29 is 14.2 Å². The van der Waals surface area contributed by atoms with Crippen LogP contribution in [0.4, 0.5) is 11.4 Å². The number of piperazine rings is 1. The van der Waals surface area contributed by atoms with Gasteiger partial charge in [0.05, 0.1) is 59.0 Å². The molecule has 1 aliphatic heterocycles. The lowest BCUT2D eigenvalue weighted by Gasteiger charge is -2.32. The Kier molecular flexibility index (Phi) is 8.83. The van der Waals surface area contributed by atoms with E-state index in [2.05, 4.69) is 33.2 Å². The quantitative estimate of drug-likeness (QED) is 0.354. The highest BCUT2D eigenvalue weighted by Crippen LogP contribution is 2.41. The van der Waals surface area contributed by atoms with E-state index in [1.807, 2.05) is 12.1 Å². The van der Waals surface area contributed by atoms with Gasteiger partial charge in [-0.2, -0.15) is 5.26 Å². The van der Waals surface area contributed by atoms with Gasteiger partial charge in [-0.3, -0.25) is 4.98 Å². The second-order valence-electron chi connectivity index (χ2n) is 9.02. The van der Waals surface area contributed by atoms with Gasteiger partial charge < -0.3 is 29.3 Å². The van der Waals surface area contributed by atoms with Gasteiger partial charge in [-0.05, 0) is 32.5 Å². The fourth-order valence-corrected chi connectivity index (χ4v) is 4.90. The average molecular weight is 544 g/mol. The van der Waals surface area contributed by atoms with Gasteiger partial charge in [-0.1, -0.05) is 23.2 Å². The summed E-state index contributed by atoms with van der Waals surface area (Å²) in [7, 11) is 5.28. The lowest BCUT2D eigenvalue weighted by atomic mass is 10.1. The number of aryl methyl sites for hydroxylation is 1. The van der Waals surface area contributed by atoms with Crippen molar-refractivity contribution in [1.82, 2.24) is 14.8 Å². The van der Waals surface area contributed by atoms with Crippen molar-refractivity contribution in [2.24, 2.45) is 0 Å². The molecule has 3 aromatic rings. The van der Waals surface area contributed by atoms with E-state index in [0.29, 0.717) is 67.4 Å². The molecule has 196 valence electrons. The van der Waals surface area contributed by atoms with Crippen LogP contribution >= 0.6 is 23.2 Å². The summed E-state index contributed by atoms with van der Waals surface area (Å²) in [6.07, 6.45) is 0.911. The molecule has 0 aliphatic carbocycles. The Balaban J connectivity index is 1.62. The van der Waals surface area contributed by atoms with Crippen molar-refractivity contribution in [3.8, 4) is 23.3 Å². The molecule has 37 heavy (non-hydrogen) atoms. The fourth-order valence-electron chi connectivity index (χ4n) is 4.39. The van der Waals surface area contributed by atoms with Crippen LogP contribution in [0.5, 0.6) is 17.2 Å². The van der Waals surface area contributed by atoms with Gasteiger partial charge in [-0.25, -0.2) is 0 Å². The number of halogens is 2. The Hall–Kier alpha value is -2.96. The van der Waals surface area contributed by atoms with Crippen LogP contribution in [0.1, 0.15) is 17.7 Å². The van der Waals surface area contributed by atoms with E-state index in [9.17, 15) is 5.26 Å². The fraction of sp³-hybridized carbons (Fsp3) is 0.407. The lowest BCUT2D eigenvalue weighted by molar-refractivity contribution is 0.145. The molecule has 0 spiro atoms. The summed E-state index contributed by atoms with van der Waals surface area (Å²) < 4.78 is 17.1. The van der Waals surface area contributed by atoms with Crippen LogP contribution < -0.4 is 19.5 Å². The number of nitrogens with zero attached hydrogens (tertiary/aromatic N) is 4. The first kappa shape index (κ1) is 27.1. The number of anilines is 2. The summed E-state index contributed by atoms with van der Waals surface area (Å²) in [5, 5.41) is 14.7. The van der Waals surface area contributed by atoms with Crippen LogP contribution in [0.2, 0.25) is 10.0 Å². The minimum absolute atomic E-state index is 0.393. The van der Waals surface area contributed by atoms with E-state index >= 15 is 0 Å². The summed E-state index contributed by atoms with van der Waals surface area (Å²) in [5.74, 6) is 1.64. The zero-order valence-corrected chi connectivity index (χ0v) is 23.0. The molecule has 4 rings (SSSR count). The third-order valence-corrected chi connectivity index (χ3v) is 7.14. The third kappa shape index (κ3) is 6.13. The molecule has 8 nitrogen and oxygen atoms in total. The van der Waals surface area contributed by atoms with Gasteiger partial charge in [0.15, 0.2) is 11.5 Å². The molecule has 1 aliphatic rings. The molecule has 0 saturated carbocycles. The predicted molar refractivity (Wildman–Crippen MR) is 148 cm³/mol. The maximum atomic E-state index is 9.93. The van der Waals surface area contributed by atoms with Crippen LogP contribution in [0.3, 0.4) is 0 Å². The van der Waals surface area contributed by atoms with E-state index in [0.717, 1.165) is 39.1 Å². The number of hydrogen-bond acceptors (Lipinski definition) is 8. The molecule has 0 unspecified atom stereocenters. The summed E-state index contributed by atoms with van der Waals surface area (Å²) in [6.45, 7) is 7.71. The predicted octanol–water partition coefficient (Wildman–Crippen LogP) is 5.50. The molecular formula is C27H31Cl2N5O3. The smallest absolute Gasteiger partial charge is 0.163 e. The van der Waals surface area contributed by atoms with Crippen LogP contribution in [-0.2, 0) is 0 Å². The van der Waals surface area contributed by atoms with Gasteiger partial charge in [0.25, 0.3) is 0 Å². The number of likely N-dealkylation sites (N-methyl/N-ethyl adjacent to an activating group) is 1. The Morgan fingerprint density at radius 1 is 1.00 bits per heavy atom. The molecule has 0 bridgehead atoms. The van der Waals surface area contributed by atoms with Crippen LogP contribution in [-0.4, -0.2) is 75.4 Å². The highest BCUT2D eigenvalue weighted by atomic mass is 35.5. The molecule has 10 heteroatoms. The number of fused-ring (bicyclic) bond motifs is 1. The minimum atomic E-state index is 0.393. The van der Waals surface area contributed by atoms with Crippen molar-refractivity contribution in [1.29, 1.82) is 5.26 Å². The van der Waals surface area contributed by atoms with E-state index < -0.39 is 0 Å². The molecule has 1 fully saturated rings. The third-order valence-electron chi connectivity index (χ3n) is 6.54. The number of methoxy groups -OCH3 is 2. The van der Waals surface area contributed by atoms with Gasteiger partial charge >= 0.3 is 0 Å². The molecular weight excluding hydrogens is 513 g/mol. The van der Waals surface area contributed by atoms with E-state index in [1.54, 1.807) is 26.2 Å². The number of pyridine rings is 1. The van der Waals surface area contributed by atoms with Crippen molar-refractivity contribution >= 4 is 45.5 Å². The van der Waals surface area contributed by atoms with E-state index in [1.165, 1.54) is 7.11 Å². The molecule has 2 aromatic carbocycles. The molecule has 0 atom stereocenters. The SMILES string of the molecule is COc1cc(Nc2c(C#N)c(C)nc3cc(OCCCN4CCN(C)CC4)c(OC)cc23)c(Cl)cc1Cl. The molecule has 2 heterocycles. The first-order chi connectivity index (χ1) is 17.8. The zero-order valence-electron chi connectivity index (χ0n) is 21.5. The maximum Gasteiger partial charge on any atom is 0.163 e. The van der Waals surface area contributed by atoms with Crippen molar-refractivity contribution in [3.05, 3.63) is 45.6 Å². The summed E-state index contributed by atoms with van der Waals surface area (Å²) in [5.41, 5.74) is 2.78. The van der Waals surface area contributed by atoms with E-state index in [4.69, 9.17) is 37.4 Å².